The topological polar surface area (TPSA) is 69.7 Å². The van der Waals surface area contributed by atoms with Crippen LogP contribution in [0.3, 0.4) is 0 Å². The third-order valence-electron chi connectivity index (χ3n) is 2.90. The molecule has 5 nitrogen and oxygen atoms in total. The fourth-order valence-electron chi connectivity index (χ4n) is 1.83. The van der Waals surface area contributed by atoms with Crippen molar-refractivity contribution in [2.75, 3.05) is 13.7 Å². The van der Waals surface area contributed by atoms with Gasteiger partial charge in [0, 0.05) is 12.8 Å². The highest BCUT2D eigenvalue weighted by atomic mass is 16.5. The van der Waals surface area contributed by atoms with Crippen molar-refractivity contribution < 1.29 is 23.9 Å². The van der Waals surface area contributed by atoms with E-state index in [1.165, 1.54) is 7.11 Å². The normalized spacial score (nSPS) is 11.7. The molecule has 110 valence electrons. The second-order valence-corrected chi connectivity index (χ2v) is 4.30. The van der Waals surface area contributed by atoms with Crippen LogP contribution in [-0.4, -0.2) is 31.4 Å². The minimum absolute atomic E-state index is 0.0859. The van der Waals surface area contributed by atoms with Gasteiger partial charge in [-0.15, -0.1) is 0 Å². The molecule has 0 rings (SSSR count). The molecule has 5 heteroatoms. The van der Waals surface area contributed by atoms with E-state index in [2.05, 4.69) is 4.74 Å². The molecule has 0 aliphatic rings. The molecule has 0 fully saturated rings. The SMILES string of the molecule is CCOC(=O)CCCCCC(C(=O)CC)C(=O)OC. The fourth-order valence-corrected chi connectivity index (χ4v) is 1.83. The zero-order valence-corrected chi connectivity index (χ0v) is 12.1. The molecule has 0 bridgehead atoms. The Morgan fingerprint density at radius 1 is 1.05 bits per heavy atom. The predicted molar refractivity (Wildman–Crippen MR) is 70.5 cm³/mol. The van der Waals surface area contributed by atoms with E-state index in [9.17, 15) is 14.4 Å². The van der Waals surface area contributed by atoms with E-state index < -0.39 is 11.9 Å². The lowest BCUT2D eigenvalue weighted by atomic mass is 9.95. The average Bonchev–Trinajstić information content (AvgIpc) is 2.41. The standard InChI is InChI=1S/C14H24O5/c1-4-12(15)11(14(17)18-3)9-7-6-8-10-13(16)19-5-2/h11H,4-10H2,1-3H3. The molecule has 0 amide bonds. The van der Waals surface area contributed by atoms with Crippen LogP contribution in [0.25, 0.3) is 0 Å². The van der Waals surface area contributed by atoms with Crippen molar-refractivity contribution in [2.24, 2.45) is 5.92 Å². The number of unbranched alkanes of at least 4 members (excludes halogenated alkanes) is 2. The molecular weight excluding hydrogens is 248 g/mol. The first kappa shape index (κ1) is 17.6. The van der Waals surface area contributed by atoms with Crippen molar-refractivity contribution in [3.05, 3.63) is 0 Å². The number of methoxy groups -OCH3 is 1. The lowest BCUT2D eigenvalue weighted by molar-refractivity contribution is -0.150. The van der Waals surface area contributed by atoms with Crippen molar-refractivity contribution in [1.82, 2.24) is 0 Å². The second-order valence-electron chi connectivity index (χ2n) is 4.30. The molecule has 1 unspecified atom stereocenters. The number of carbonyl (C=O) groups excluding carboxylic acids is 3. The third-order valence-corrected chi connectivity index (χ3v) is 2.90. The van der Waals surface area contributed by atoms with Crippen molar-refractivity contribution in [2.45, 2.75) is 52.4 Å². The van der Waals surface area contributed by atoms with Gasteiger partial charge in [-0.25, -0.2) is 0 Å². The number of hydrogen-bond donors (Lipinski definition) is 0. The van der Waals surface area contributed by atoms with Gasteiger partial charge in [0.1, 0.15) is 11.7 Å². The number of hydrogen-bond acceptors (Lipinski definition) is 5. The quantitative estimate of drug-likeness (QED) is 0.346. The van der Waals surface area contributed by atoms with E-state index in [0.717, 1.165) is 12.8 Å². The highest BCUT2D eigenvalue weighted by Crippen LogP contribution is 2.15. The fraction of sp³-hybridized carbons (Fsp3) is 0.786. The molecule has 0 aromatic carbocycles. The van der Waals surface area contributed by atoms with Gasteiger partial charge in [0.05, 0.1) is 13.7 Å². The van der Waals surface area contributed by atoms with Crippen LogP contribution in [0, 0.1) is 5.92 Å². The van der Waals surface area contributed by atoms with Gasteiger partial charge in [-0.2, -0.15) is 0 Å². The highest BCUT2D eigenvalue weighted by Gasteiger charge is 2.25. The van der Waals surface area contributed by atoms with Crippen LogP contribution in [0.5, 0.6) is 0 Å². The van der Waals surface area contributed by atoms with Gasteiger partial charge in [0.15, 0.2) is 0 Å². The molecule has 0 heterocycles. The van der Waals surface area contributed by atoms with Crippen LogP contribution in [0.4, 0.5) is 0 Å². The van der Waals surface area contributed by atoms with E-state index in [-0.39, 0.29) is 11.8 Å². The molecular formula is C14H24O5. The summed E-state index contributed by atoms with van der Waals surface area (Å²) in [4.78, 5) is 34.1. The molecule has 0 saturated heterocycles. The van der Waals surface area contributed by atoms with Crippen LogP contribution in [0.1, 0.15) is 52.4 Å². The summed E-state index contributed by atoms with van der Waals surface area (Å²) < 4.78 is 9.44. The molecule has 1 atom stereocenters. The number of Topliss-reactive ketones (excluding diaryl/α,β-unsaturated/α-hetero) is 1. The molecule has 0 aliphatic carbocycles. The highest BCUT2D eigenvalue weighted by molar-refractivity contribution is 5.98. The minimum Gasteiger partial charge on any atom is -0.468 e. The molecule has 0 aliphatic heterocycles. The Morgan fingerprint density at radius 3 is 2.26 bits per heavy atom. The molecule has 0 aromatic rings. The second kappa shape index (κ2) is 10.5. The molecule has 0 aromatic heterocycles. The summed E-state index contributed by atoms with van der Waals surface area (Å²) in [6, 6.07) is 0. The van der Waals surface area contributed by atoms with Gasteiger partial charge >= 0.3 is 11.9 Å². The van der Waals surface area contributed by atoms with Gasteiger partial charge in [-0.3, -0.25) is 14.4 Å². The largest absolute Gasteiger partial charge is 0.468 e. The van der Waals surface area contributed by atoms with E-state index in [1.807, 2.05) is 0 Å². The Labute approximate surface area is 114 Å². The number of ether oxygens (including phenoxy) is 2. The predicted octanol–water partition coefficient (Wildman–Crippen LogP) is 2.27. The third kappa shape index (κ3) is 7.59. The Morgan fingerprint density at radius 2 is 1.74 bits per heavy atom. The summed E-state index contributed by atoms with van der Waals surface area (Å²) in [5, 5.41) is 0. The van der Waals surface area contributed by atoms with Crippen LogP contribution < -0.4 is 0 Å². The van der Waals surface area contributed by atoms with Crippen molar-refractivity contribution in [3.8, 4) is 0 Å². The number of carbonyl (C=O) groups is 3. The monoisotopic (exact) mass is 272 g/mol. The minimum atomic E-state index is -0.655. The van der Waals surface area contributed by atoms with E-state index >= 15 is 0 Å². The lowest BCUT2D eigenvalue weighted by Gasteiger charge is -2.12. The average molecular weight is 272 g/mol. The summed E-state index contributed by atoms with van der Waals surface area (Å²) in [5.74, 6) is -1.40. The zero-order valence-electron chi connectivity index (χ0n) is 12.1. The summed E-state index contributed by atoms with van der Waals surface area (Å²) in [6.45, 7) is 3.91. The first-order chi connectivity index (χ1) is 9.06. The first-order valence-corrected chi connectivity index (χ1v) is 6.82. The van der Waals surface area contributed by atoms with E-state index in [4.69, 9.17) is 4.74 Å². The molecule has 0 spiro atoms. The maximum atomic E-state index is 11.6. The Balaban J connectivity index is 3.91. The van der Waals surface area contributed by atoms with Crippen molar-refractivity contribution in [3.63, 3.8) is 0 Å². The maximum Gasteiger partial charge on any atom is 0.316 e. The van der Waals surface area contributed by atoms with Crippen LogP contribution in [0.2, 0.25) is 0 Å². The van der Waals surface area contributed by atoms with Crippen molar-refractivity contribution >= 4 is 17.7 Å². The van der Waals surface area contributed by atoms with Gasteiger partial charge in [0.2, 0.25) is 0 Å². The van der Waals surface area contributed by atoms with Gasteiger partial charge < -0.3 is 9.47 Å². The molecule has 0 radical (unpaired) electrons. The number of rotatable bonds is 10. The smallest absolute Gasteiger partial charge is 0.316 e. The number of esters is 2. The zero-order chi connectivity index (χ0) is 14.7. The Hall–Kier alpha value is -1.39. The van der Waals surface area contributed by atoms with E-state index in [0.29, 0.717) is 32.3 Å². The molecule has 0 N–H and O–H groups in total. The van der Waals surface area contributed by atoms with Gasteiger partial charge in [-0.1, -0.05) is 19.8 Å². The molecule has 19 heavy (non-hydrogen) atoms. The van der Waals surface area contributed by atoms with Crippen LogP contribution in [-0.2, 0) is 23.9 Å². The number of ketones is 1. The summed E-state index contributed by atoms with van der Waals surface area (Å²) in [7, 11) is 1.29. The van der Waals surface area contributed by atoms with Crippen LogP contribution in [0.15, 0.2) is 0 Å². The maximum absolute atomic E-state index is 11.6. The first-order valence-electron chi connectivity index (χ1n) is 6.82. The van der Waals surface area contributed by atoms with Crippen LogP contribution >= 0.6 is 0 Å². The molecule has 0 saturated carbocycles. The van der Waals surface area contributed by atoms with Gasteiger partial charge in [0.25, 0.3) is 0 Å². The van der Waals surface area contributed by atoms with Crippen molar-refractivity contribution in [1.29, 1.82) is 0 Å². The van der Waals surface area contributed by atoms with Gasteiger partial charge in [-0.05, 0) is 19.8 Å². The van der Waals surface area contributed by atoms with E-state index in [1.54, 1.807) is 13.8 Å². The summed E-state index contributed by atoms with van der Waals surface area (Å²) in [5.41, 5.74) is 0. The Kier molecular flexibility index (Phi) is 9.75. The lowest BCUT2D eigenvalue weighted by Crippen LogP contribution is -2.24. The summed E-state index contributed by atoms with van der Waals surface area (Å²) in [6.07, 6.45) is 3.45. The Bertz CT molecular complexity index is 282. The summed E-state index contributed by atoms with van der Waals surface area (Å²) >= 11 is 0.